The van der Waals surface area contributed by atoms with Crippen molar-refractivity contribution < 1.29 is 14.6 Å². The van der Waals surface area contributed by atoms with Gasteiger partial charge < -0.3 is 14.6 Å². The summed E-state index contributed by atoms with van der Waals surface area (Å²) in [4.78, 5) is 0. The van der Waals surface area contributed by atoms with Gasteiger partial charge in [0.15, 0.2) is 0 Å². The van der Waals surface area contributed by atoms with Gasteiger partial charge in [-0.15, -0.1) is 0 Å². The van der Waals surface area contributed by atoms with E-state index < -0.39 is 6.10 Å². The SMILES string of the molecule is CC(O)c1cc2c(O)cccc2o1. The summed E-state index contributed by atoms with van der Waals surface area (Å²) in [5, 5.41) is 19.3. The Labute approximate surface area is 75.2 Å². The van der Waals surface area contributed by atoms with Gasteiger partial charge in [-0.3, -0.25) is 0 Å². The second-order valence-electron chi connectivity index (χ2n) is 3.01. The maximum atomic E-state index is 9.42. The van der Waals surface area contributed by atoms with Crippen LogP contribution in [-0.4, -0.2) is 10.2 Å². The first kappa shape index (κ1) is 8.13. The smallest absolute Gasteiger partial charge is 0.138 e. The Morgan fingerprint density at radius 3 is 2.77 bits per heavy atom. The number of phenolic OH excluding ortho intramolecular Hbond substituents is 1. The number of aliphatic hydroxyl groups excluding tert-OH is 1. The average molecular weight is 178 g/mol. The fraction of sp³-hybridized carbons (Fsp3) is 0.200. The van der Waals surface area contributed by atoms with E-state index in [1.165, 1.54) is 0 Å². The Morgan fingerprint density at radius 1 is 1.38 bits per heavy atom. The molecule has 1 unspecified atom stereocenters. The van der Waals surface area contributed by atoms with Crippen molar-refractivity contribution in [2.75, 3.05) is 0 Å². The average Bonchev–Trinajstić information content (AvgIpc) is 2.49. The summed E-state index contributed by atoms with van der Waals surface area (Å²) in [6.45, 7) is 1.62. The topological polar surface area (TPSA) is 53.6 Å². The summed E-state index contributed by atoms with van der Waals surface area (Å²) < 4.78 is 5.30. The second kappa shape index (κ2) is 2.78. The van der Waals surface area contributed by atoms with Crippen molar-refractivity contribution in [3.8, 4) is 5.75 Å². The number of furan rings is 1. The van der Waals surface area contributed by atoms with Crippen LogP contribution in [-0.2, 0) is 0 Å². The quantitative estimate of drug-likeness (QED) is 0.703. The van der Waals surface area contributed by atoms with Gasteiger partial charge in [0.1, 0.15) is 23.2 Å². The number of rotatable bonds is 1. The van der Waals surface area contributed by atoms with Crippen LogP contribution in [0, 0.1) is 0 Å². The molecule has 68 valence electrons. The number of aliphatic hydroxyl groups is 1. The van der Waals surface area contributed by atoms with Crippen molar-refractivity contribution in [2.24, 2.45) is 0 Å². The summed E-state index contributed by atoms with van der Waals surface area (Å²) in [7, 11) is 0. The first-order valence-electron chi connectivity index (χ1n) is 4.08. The van der Waals surface area contributed by atoms with E-state index in [2.05, 4.69) is 0 Å². The molecule has 0 spiro atoms. The highest BCUT2D eigenvalue weighted by atomic mass is 16.4. The lowest BCUT2D eigenvalue weighted by Crippen LogP contribution is -1.85. The molecule has 0 aliphatic heterocycles. The van der Waals surface area contributed by atoms with Crippen LogP contribution in [0.15, 0.2) is 28.7 Å². The molecule has 2 rings (SSSR count). The van der Waals surface area contributed by atoms with E-state index in [9.17, 15) is 10.2 Å². The molecule has 3 heteroatoms. The molecule has 2 N–H and O–H groups in total. The molecule has 0 fully saturated rings. The predicted molar refractivity (Wildman–Crippen MR) is 48.5 cm³/mol. The van der Waals surface area contributed by atoms with Gasteiger partial charge in [0.05, 0.1) is 5.39 Å². The molecule has 1 atom stereocenters. The van der Waals surface area contributed by atoms with Crippen molar-refractivity contribution >= 4 is 11.0 Å². The van der Waals surface area contributed by atoms with E-state index >= 15 is 0 Å². The Morgan fingerprint density at radius 2 is 2.15 bits per heavy atom. The molecule has 0 bridgehead atoms. The number of hydrogen-bond acceptors (Lipinski definition) is 3. The molecule has 3 nitrogen and oxygen atoms in total. The van der Waals surface area contributed by atoms with Crippen LogP contribution in [0.25, 0.3) is 11.0 Å². The highest BCUT2D eigenvalue weighted by Crippen LogP contribution is 2.29. The van der Waals surface area contributed by atoms with Crippen LogP contribution in [0.3, 0.4) is 0 Å². The summed E-state index contributed by atoms with van der Waals surface area (Å²) in [6.07, 6.45) is -0.646. The summed E-state index contributed by atoms with van der Waals surface area (Å²) in [5.41, 5.74) is 0.593. The Balaban J connectivity index is 2.68. The predicted octanol–water partition coefficient (Wildman–Crippen LogP) is 2.19. The van der Waals surface area contributed by atoms with Crippen LogP contribution in [0.5, 0.6) is 5.75 Å². The van der Waals surface area contributed by atoms with Crippen LogP contribution in [0.2, 0.25) is 0 Å². The van der Waals surface area contributed by atoms with E-state index in [4.69, 9.17) is 4.42 Å². The zero-order valence-corrected chi connectivity index (χ0v) is 7.19. The molecular weight excluding hydrogens is 168 g/mol. The number of aromatic hydroxyl groups is 1. The zero-order chi connectivity index (χ0) is 9.42. The Bertz CT molecular complexity index is 429. The third-order valence-electron chi connectivity index (χ3n) is 1.97. The molecule has 0 amide bonds. The first-order valence-corrected chi connectivity index (χ1v) is 4.08. The normalized spacial score (nSPS) is 13.4. The van der Waals surface area contributed by atoms with Crippen LogP contribution >= 0.6 is 0 Å². The zero-order valence-electron chi connectivity index (χ0n) is 7.19. The van der Waals surface area contributed by atoms with Gasteiger partial charge in [-0.25, -0.2) is 0 Å². The molecule has 0 saturated heterocycles. The van der Waals surface area contributed by atoms with Crippen molar-refractivity contribution in [1.29, 1.82) is 0 Å². The maximum absolute atomic E-state index is 9.42. The molecule has 0 radical (unpaired) electrons. The van der Waals surface area contributed by atoms with Crippen molar-refractivity contribution in [1.82, 2.24) is 0 Å². The van der Waals surface area contributed by atoms with E-state index in [0.29, 0.717) is 16.7 Å². The molecule has 1 aromatic heterocycles. The monoisotopic (exact) mass is 178 g/mol. The fourth-order valence-electron chi connectivity index (χ4n) is 1.27. The molecule has 0 aliphatic carbocycles. The Hall–Kier alpha value is -1.48. The standard InChI is InChI=1S/C10H10O3/c1-6(11)10-5-7-8(12)3-2-4-9(7)13-10/h2-6,11-12H,1H3. The van der Waals surface area contributed by atoms with E-state index in [1.807, 2.05) is 0 Å². The van der Waals surface area contributed by atoms with Gasteiger partial charge in [-0.2, -0.15) is 0 Å². The van der Waals surface area contributed by atoms with Gasteiger partial charge in [-0.1, -0.05) is 6.07 Å². The van der Waals surface area contributed by atoms with Gasteiger partial charge in [0.25, 0.3) is 0 Å². The maximum Gasteiger partial charge on any atom is 0.138 e. The molecule has 0 saturated carbocycles. The van der Waals surface area contributed by atoms with Crippen molar-refractivity contribution in [2.45, 2.75) is 13.0 Å². The molecular formula is C10H10O3. The highest BCUT2D eigenvalue weighted by Gasteiger charge is 2.10. The molecule has 2 aromatic rings. The van der Waals surface area contributed by atoms with E-state index in [-0.39, 0.29) is 5.75 Å². The third-order valence-corrected chi connectivity index (χ3v) is 1.97. The van der Waals surface area contributed by atoms with Crippen molar-refractivity contribution in [3.63, 3.8) is 0 Å². The van der Waals surface area contributed by atoms with Gasteiger partial charge in [0, 0.05) is 0 Å². The summed E-state index contributed by atoms with van der Waals surface area (Å²) in [5.74, 6) is 0.643. The lowest BCUT2D eigenvalue weighted by Gasteiger charge is -1.95. The molecule has 1 heterocycles. The second-order valence-corrected chi connectivity index (χ2v) is 3.01. The molecule has 1 aromatic carbocycles. The lowest BCUT2D eigenvalue weighted by atomic mass is 10.2. The minimum absolute atomic E-state index is 0.174. The third kappa shape index (κ3) is 1.27. The fourth-order valence-corrected chi connectivity index (χ4v) is 1.27. The van der Waals surface area contributed by atoms with Crippen LogP contribution in [0.1, 0.15) is 18.8 Å². The lowest BCUT2D eigenvalue weighted by molar-refractivity contribution is 0.172. The number of hydrogen-bond donors (Lipinski definition) is 2. The molecule has 0 aliphatic rings. The number of benzene rings is 1. The van der Waals surface area contributed by atoms with Crippen molar-refractivity contribution in [3.05, 3.63) is 30.0 Å². The van der Waals surface area contributed by atoms with E-state index in [0.717, 1.165) is 0 Å². The van der Waals surface area contributed by atoms with Crippen LogP contribution < -0.4 is 0 Å². The largest absolute Gasteiger partial charge is 0.507 e. The minimum atomic E-state index is -0.646. The van der Waals surface area contributed by atoms with Gasteiger partial charge >= 0.3 is 0 Å². The van der Waals surface area contributed by atoms with Crippen LogP contribution in [0.4, 0.5) is 0 Å². The Kier molecular flexibility index (Phi) is 1.74. The number of fused-ring (bicyclic) bond motifs is 1. The first-order chi connectivity index (χ1) is 6.18. The van der Waals surface area contributed by atoms with E-state index in [1.54, 1.807) is 31.2 Å². The van der Waals surface area contributed by atoms with Gasteiger partial charge in [-0.05, 0) is 25.1 Å². The summed E-state index contributed by atoms with van der Waals surface area (Å²) in [6, 6.07) is 6.69. The number of phenols is 1. The molecule has 13 heavy (non-hydrogen) atoms. The highest BCUT2D eigenvalue weighted by molar-refractivity contribution is 5.84. The van der Waals surface area contributed by atoms with Gasteiger partial charge in [0.2, 0.25) is 0 Å². The minimum Gasteiger partial charge on any atom is -0.507 e. The summed E-state index contributed by atoms with van der Waals surface area (Å²) >= 11 is 0.